The first kappa shape index (κ1) is 38.1. The first-order valence-electron chi connectivity index (χ1n) is 15.7. The van der Waals surface area contributed by atoms with E-state index < -0.39 is 61.0 Å². The van der Waals surface area contributed by atoms with Gasteiger partial charge in [-0.1, -0.05) is 62.3 Å². The van der Waals surface area contributed by atoms with Crippen LogP contribution in [0.25, 0.3) is 11.2 Å². The molecule has 2 N–H and O–H groups in total. The summed E-state index contributed by atoms with van der Waals surface area (Å²) in [4.78, 5) is 36.6. The number of amides is 1. The van der Waals surface area contributed by atoms with Crippen molar-refractivity contribution in [2.24, 2.45) is 0 Å². The topological polar surface area (TPSA) is 130 Å². The number of alkyl halides is 1. The summed E-state index contributed by atoms with van der Waals surface area (Å²) in [5.74, 6) is -0.795. The number of H-pyrrole nitrogens is 1. The summed E-state index contributed by atoms with van der Waals surface area (Å²) in [5, 5.41) is 2.38. The Morgan fingerprint density at radius 1 is 0.933 bits per heavy atom. The number of hydrogen-bond acceptors (Lipinski definition) is 8. The van der Waals surface area contributed by atoms with Crippen LogP contribution < -0.4 is 10.9 Å². The highest BCUT2D eigenvalue weighted by Crippen LogP contribution is 2.46. The lowest BCUT2D eigenvalue weighted by atomic mass is 10.1. The van der Waals surface area contributed by atoms with Crippen LogP contribution in [0.5, 0.6) is 0 Å². The van der Waals surface area contributed by atoms with Gasteiger partial charge in [-0.25, -0.2) is 4.98 Å². The highest BCUT2D eigenvalue weighted by molar-refractivity contribution is 6.75. The van der Waals surface area contributed by atoms with Crippen LogP contribution in [0.2, 0.25) is 54.4 Å². The van der Waals surface area contributed by atoms with Crippen LogP contribution in [0, 0.1) is 0 Å². The van der Waals surface area contributed by atoms with Crippen molar-refractivity contribution in [1.29, 1.82) is 0 Å². The van der Waals surface area contributed by atoms with Crippen LogP contribution in [-0.2, 0) is 22.8 Å². The number of rotatable bonds is 10. The van der Waals surface area contributed by atoms with E-state index in [1.165, 1.54) is 0 Å². The van der Waals surface area contributed by atoms with Crippen molar-refractivity contribution in [1.82, 2.24) is 19.5 Å². The molecule has 0 radical (unpaired) electrons. The number of halogens is 1. The number of nitrogens with one attached hydrogen (secondary N) is 2. The maximum absolute atomic E-state index is 13.0. The number of nitrogens with zero attached hydrogens (tertiary/aromatic N) is 3. The van der Waals surface area contributed by atoms with Gasteiger partial charge >= 0.3 is 0 Å². The van der Waals surface area contributed by atoms with Gasteiger partial charge in [0.1, 0.15) is 24.2 Å². The predicted octanol–water partition coefficient (Wildman–Crippen LogP) is 7.00. The Morgan fingerprint density at radius 2 is 1.44 bits per heavy atom. The lowest BCUT2D eigenvalue weighted by molar-refractivity contribution is -0.114. The fourth-order valence-electron chi connectivity index (χ4n) is 4.21. The van der Waals surface area contributed by atoms with Crippen LogP contribution in [0.3, 0.4) is 0 Å². The number of carbonyl (C=O) groups is 1. The second-order valence-corrected chi connectivity index (χ2v) is 31.3. The van der Waals surface area contributed by atoms with E-state index in [1.54, 1.807) is 10.9 Å². The summed E-state index contributed by atoms with van der Waals surface area (Å²) in [6, 6.07) is 0. The largest absolute Gasteiger partial charge is 0.414 e. The van der Waals surface area contributed by atoms with Gasteiger partial charge in [0, 0.05) is 0 Å². The SMILES string of the molecule is CC(C)(C)[Si](C)(C)OC[C@H]1O[C@@H](n2cnc3c(=O)[nH]c(NC(=O)CCl)nc32)[C@H](O[Si](C)(C)C(C)(C)C)[C@@H]1O[Si](C)(C)C(C)(C)C. The van der Waals surface area contributed by atoms with Crippen LogP contribution in [-0.4, -0.2) is 81.2 Å². The molecule has 0 saturated carbocycles. The molecular formula is C30H56ClN5O6Si3. The number of aromatic amines is 1. The molecule has 0 bridgehead atoms. The van der Waals surface area contributed by atoms with Crippen LogP contribution in [0.15, 0.2) is 11.1 Å². The third kappa shape index (κ3) is 8.19. The zero-order valence-electron chi connectivity index (χ0n) is 30.0. The Labute approximate surface area is 276 Å². The molecule has 1 aliphatic rings. The highest BCUT2D eigenvalue weighted by Gasteiger charge is 2.55. The number of ether oxygens (including phenoxy) is 1. The summed E-state index contributed by atoms with van der Waals surface area (Å²) >= 11 is 5.70. The van der Waals surface area contributed by atoms with E-state index >= 15 is 0 Å². The molecule has 0 aromatic carbocycles. The molecule has 1 saturated heterocycles. The number of fused-ring (bicyclic) bond motifs is 1. The molecule has 15 heteroatoms. The van der Waals surface area contributed by atoms with E-state index in [0.29, 0.717) is 6.61 Å². The van der Waals surface area contributed by atoms with Gasteiger partial charge in [0.05, 0.1) is 12.9 Å². The second-order valence-electron chi connectivity index (χ2n) is 16.7. The van der Waals surface area contributed by atoms with Gasteiger partial charge in [0.2, 0.25) is 11.9 Å². The molecule has 256 valence electrons. The van der Waals surface area contributed by atoms with Gasteiger partial charge in [-0.3, -0.25) is 24.5 Å². The maximum Gasteiger partial charge on any atom is 0.280 e. The molecule has 0 spiro atoms. The summed E-state index contributed by atoms with van der Waals surface area (Å²) < 4.78 is 29.8. The Balaban J connectivity index is 2.22. The predicted molar refractivity (Wildman–Crippen MR) is 189 cm³/mol. The van der Waals surface area contributed by atoms with Crippen molar-refractivity contribution >= 4 is 59.6 Å². The smallest absolute Gasteiger partial charge is 0.280 e. The standard InChI is InChI=1S/C30H56ClN5O6Si3/c1-28(2,3)43(10,11)39-17-19-22(41-44(12,13)29(4,5)6)23(42-45(14,15)30(7,8)9)26(40-19)36-18-32-21-24(36)34-27(35-25(21)38)33-20(37)16-31/h18-19,22-23,26H,16-17H2,1-15H3,(H2,33,34,35,37,38)/t19-,22-,23-,26-/m1/s1. The number of hydrogen-bond donors (Lipinski definition) is 2. The maximum atomic E-state index is 13.0. The molecule has 1 amide bonds. The molecule has 1 fully saturated rings. The summed E-state index contributed by atoms with van der Waals surface area (Å²) in [6.07, 6.45) is -0.634. The quantitative estimate of drug-likeness (QED) is 0.200. The molecule has 3 rings (SSSR count). The van der Waals surface area contributed by atoms with Gasteiger partial charge in [0.25, 0.3) is 5.56 Å². The fraction of sp³-hybridized carbons (Fsp3) is 0.800. The van der Waals surface area contributed by atoms with E-state index in [-0.39, 0.29) is 38.1 Å². The Morgan fingerprint density at radius 3 is 1.93 bits per heavy atom. The van der Waals surface area contributed by atoms with E-state index in [9.17, 15) is 9.59 Å². The summed E-state index contributed by atoms with van der Waals surface area (Å²) in [7, 11) is -6.88. The van der Waals surface area contributed by atoms with Crippen molar-refractivity contribution in [3.63, 3.8) is 0 Å². The zero-order valence-corrected chi connectivity index (χ0v) is 33.7. The normalized spacial score (nSPS) is 22.3. The van der Waals surface area contributed by atoms with Crippen LogP contribution in [0.1, 0.15) is 68.5 Å². The highest BCUT2D eigenvalue weighted by atomic mass is 35.5. The minimum absolute atomic E-state index is 0.00714. The van der Waals surface area contributed by atoms with Gasteiger partial charge in [0.15, 0.2) is 42.3 Å². The molecule has 2 aromatic heterocycles. The van der Waals surface area contributed by atoms with Crippen molar-refractivity contribution < 1.29 is 22.8 Å². The number of aromatic nitrogens is 4. The first-order chi connectivity index (χ1) is 20.2. The lowest BCUT2D eigenvalue weighted by Crippen LogP contribution is -2.54. The minimum Gasteiger partial charge on any atom is -0.414 e. The van der Waals surface area contributed by atoms with E-state index in [4.69, 9.17) is 29.6 Å². The van der Waals surface area contributed by atoms with Gasteiger partial charge in [-0.15, -0.1) is 11.6 Å². The minimum atomic E-state index is -2.39. The molecule has 45 heavy (non-hydrogen) atoms. The van der Waals surface area contributed by atoms with Crippen molar-refractivity contribution in [3.8, 4) is 0 Å². The Kier molecular flexibility index (Phi) is 10.9. The monoisotopic (exact) mass is 701 g/mol. The van der Waals surface area contributed by atoms with Gasteiger partial charge in [-0.05, 0) is 54.4 Å². The van der Waals surface area contributed by atoms with Crippen molar-refractivity contribution in [2.75, 3.05) is 17.8 Å². The zero-order chi connectivity index (χ0) is 34.6. The lowest BCUT2D eigenvalue weighted by Gasteiger charge is -2.44. The molecule has 3 heterocycles. The number of imidazole rings is 1. The Hall–Kier alpha value is -1.40. The second kappa shape index (κ2) is 12.9. The average molecular weight is 703 g/mol. The van der Waals surface area contributed by atoms with Crippen LogP contribution >= 0.6 is 11.6 Å². The molecule has 0 aliphatic carbocycles. The average Bonchev–Trinajstić information content (AvgIpc) is 3.42. The molecule has 11 nitrogen and oxygen atoms in total. The van der Waals surface area contributed by atoms with E-state index in [2.05, 4.69) is 122 Å². The van der Waals surface area contributed by atoms with Gasteiger partial charge < -0.3 is 18.0 Å². The summed E-state index contributed by atoms with van der Waals surface area (Å²) in [5.41, 5.74) is -0.110. The van der Waals surface area contributed by atoms with Gasteiger partial charge in [-0.2, -0.15) is 4.98 Å². The molecule has 0 unspecified atom stereocenters. The van der Waals surface area contributed by atoms with Crippen LogP contribution in [0.4, 0.5) is 5.95 Å². The summed E-state index contributed by atoms with van der Waals surface area (Å²) in [6.45, 7) is 33.6. The third-order valence-corrected chi connectivity index (χ3v) is 24.0. The van der Waals surface area contributed by atoms with Crippen molar-refractivity contribution in [3.05, 3.63) is 16.7 Å². The number of anilines is 1. The Bertz CT molecular complexity index is 1420. The van der Waals surface area contributed by atoms with E-state index in [1.807, 2.05) is 0 Å². The molecule has 1 aliphatic heterocycles. The molecule has 2 aromatic rings. The molecular weight excluding hydrogens is 646 g/mol. The fourth-order valence-corrected chi connectivity index (χ4v) is 7.90. The third-order valence-electron chi connectivity index (χ3n) is 10.3. The first-order valence-corrected chi connectivity index (χ1v) is 25.0. The molecule has 4 atom stereocenters. The number of carbonyl (C=O) groups excluding carboxylic acids is 1. The van der Waals surface area contributed by atoms with E-state index in [0.717, 1.165) is 0 Å². The van der Waals surface area contributed by atoms with Crippen molar-refractivity contribution in [2.45, 2.75) is 141 Å².